The Labute approximate surface area is 129 Å². The normalized spacial score (nSPS) is 13.5. The van der Waals surface area contributed by atoms with Crippen molar-refractivity contribution in [2.45, 2.75) is 18.7 Å². The summed E-state index contributed by atoms with van der Waals surface area (Å²) < 4.78 is 39.2. The Morgan fingerprint density at radius 3 is 2.59 bits per heavy atom. The number of benzene rings is 2. The van der Waals surface area contributed by atoms with E-state index in [2.05, 4.69) is 0 Å². The van der Waals surface area contributed by atoms with E-state index in [9.17, 15) is 18.3 Å². The first-order valence-corrected chi connectivity index (χ1v) is 7.63. The van der Waals surface area contributed by atoms with Crippen molar-refractivity contribution in [1.82, 2.24) is 0 Å². The molecule has 2 aromatic carbocycles. The van der Waals surface area contributed by atoms with Gasteiger partial charge in [-0.2, -0.15) is 13.2 Å². The summed E-state index contributed by atoms with van der Waals surface area (Å²) in [5, 5.41) is 13.2. The monoisotopic (exact) mass is 322 g/mol. The maximum Gasteiger partial charge on any atom is 0.416 e. The molecule has 3 aromatic rings. The standard InChI is InChI=1S/C17H13F3OS/c18-17(19,20)12-5-3-4-11(8-12)9-15(21)14-10-22-16-7-2-1-6-13(14)16/h1-8,10,15,21H,9H2. The van der Waals surface area contributed by atoms with E-state index >= 15 is 0 Å². The molecule has 0 fully saturated rings. The summed E-state index contributed by atoms with van der Waals surface area (Å²) in [4.78, 5) is 0. The highest BCUT2D eigenvalue weighted by Crippen LogP contribution is 2.33. The number of hydrogen-bond donors (Lipinski definition) is 1. The summed E-state index contributed by atoms with van der Waals surface area (Å²) in [5.74, 6) is 0. The topological polar surface area (TPSA) is 20.2 Å². The van der Waals surface area contributed by atoms with E-state index in [1.165, 1.54) is 17.4 Å². The summed E-state index contributed by atoms with van der Waals surface area (Å²) >= 11 is 1.52. The predicted molar refractivity (Wildman–Crippen MR) is 81.9 cm³/mol. The molecule has 0 radical (unpaired) electrons. The lowest BCUT2D eigenvalue weighted by molar-refractivity contribution is -0.137. The van der Waals surface area contributed by atoms with E-state index in [0.29, 0.717) is 5.56 Å². The molecule has 1 nitrogen and oxygen atoms in total. The Morgan fingerprint density at radius 1 is 1.05 bits per heavy atom. The zero-order valence-electron chi connectivity index (χ0n) is 11.5. The Bertz CT molecular complexity index is 792. The number of halogens is 3. The molecular formula is C17H13F3OS. The molecule has 0 aliphatic heterocycles. The summed E-state index contributed by atoms with van der Waals surface area (Å²) in [6.45, 7) is 0. The van der Waals surface area contributed by atoms with Crippen LogP contribution in [0.25, 0.3) is 10.1 Å². The van der Waals surface area contributed by atoms with Crippen molar-refractivity contribution in [3.63, 3.8) is 0 Å². The van der Waals surface area contributed by atoms with Gasteiger partial charge in [0, 0.05) is 11.1 Å². The van der Waals surface area contributed by atoms with Crippen molar-refractivity contribution >= 4 is 21.4 Å². The fourth-order valence-corrected chi connectivity index (χ4v) is 3.47. The van der Waals surface area contributed by atoms with Gasteiger partial charge >= 0.3 is 6.18 Å². The van der Waals surface area contributed by atoms with Crippen LogP contribution < -0.4 is 0 Å². The highest BCUT2D eigenvalue weighted by Gasteiger charge is 2.30. The molecule has 1 aromatic heterocycles. The minimum Gasteiger partial charge on any atom is -0.388 e. The smallest absolute Gasteiger partial charge is 0.388 e. The van der Waals surface area contributed by atoms with Gasteiger partial charge < -0.3 is 5.11 Å². The lowest BCUT2D eigenvalue weighted by atomic mass is 9.99. The zero-order valence-corrected chi connectivity index (χ0v) is 12.3. The van der Waals surface area contributed by atoms with Crippen molar-refractivity contribution in [2.24, 2.45) is 0 Å². The minimum atomic E-state index is -4.37. The fourth-order valence-electron chi connectivity index (χ4n) is 2.46. The Hall–Kier alpha value is -1.85. The van der Waals surface area contributed by atoms with Gasteiger partial charge in [-0.15, -0.1) is 11.3 Å². The van der Waals surface area contributed by atoms with Crippen LogP contribution in [0.2, 0.25) is 0 Å². The zero-order chi connectivity index (χ0) is 15.7. The number of fused-ring (bicyclic) bond motifs is 1. The summed E-state index contributed by atoms with van der Waals surface area (Å²) in [7, 11) is 0. The molecule has 0 amide bonds. The number of rotatable bonds is 3. The second-order valence-electron chi connectivity index (χ2n) is 5.11. The van der Waals surface area contributed by atoms with Crippen LogP contribution in [0.5, 0.6) is 0 Å². The number of alkyl halides is 3. The Balaban J connectivity index is 1.87. The lowest BCUT2D eigenvalue weighted by Crippen LogP contribution is -2.07. The third kappa shape index (κ3) is 3.00. The quantitative estimate of drug-likeness (QED) is 0.703. The van der Waals surface area contributed by atoms with Gasteiger partial charge in [-0.3, -0.25) is 0 Å². The maximum atomic E-state index is 12.7. The Kier molecular flexibility index (Phi) is 3.93. The molecule has 3 rings (SSSR count). The molecule has 1 N–H and O–H groups in total. The molecule has 1 heterocycles. The molecule has 114 valence electrons. The van der Waals surface area contributed by atoms with E-state index in [1.54, 1.807) is 6.07 Å². The molecule has 0 saturated carbocycles. The van der Waals surface area contributed by atoms with Crippen LogP contribution in [0.3, 0.4) is 0 Å². The van der Waals surface area contributed by atoms with Gasteiger partial charge in [0.15, 0.2) is 0 Å². The molecular weight excluding hydrogens is 309 g/mol. The molecule has 0 saturated heterocycles. The third-order valence-corrected chi connectivity index (χ3v) is 4.53. The van der Waals surface area contributed by atoms with Gasteiger partial charge in [0.25, 0.3) is 0 Å². The molecule has 0 spiro atoms. The molecule has 22 heavy (non-hydrogen) atoms. The van der Waals surface area contributed by atoms with Crippen molar-refractivity contribution < 1.29 is 18.3 Å². The van der Waals surface area contributed by atoms with E-state index in [1.807, 2.05) is 29.6 Å². The second kappa shape index (κ2) is 5.74. The molecule has 0 bridgehead atoms. The van der Waals surface area contributed by atoms with Gasteiger partial charge in [-0.25, -0.2) is 0 Å². The summed E-state index contributed by atoms with van der Waals surface area (Å²) in [6, 6.07) is 12.8. The van der Waals surface area contributed by atoms with Crippen LogP contribution in [0.15, 0.2) is 53.9 Å². The highest BCUT2D eigenvalue weighted by molar-refractivity contribution is 7.17. The van der Waals surface area contributed by atoms with E-state index < -0.39 is 17.8 Å². The van der Waals surface area contributed by atoms with Crippen LogP contribution in [0, 0.1) is 0 Å². The van der Waals surface area contributed by atoms with E-state index in [0.717, 1.165) is 27.8 Å². The van der Waals surface area contributed by atoms with E-state index in [-0.39, 0.29) is 6.42 Å². The van der Waals surface area contributed by atoms with Crippen LogP contribution in [0.1, 0.15) is 22.8 Å². The van der Waals surface area contributed by atoms with Crippen molar-refractivity contribution in [3.8, 4) is 0 Å². The minimum absolute atomic E-state index is 0.157. The highest BCUT2D eigenvalue weighted by atomic mass is 32.1. The maximum absolute atomic E-state index is 12.7. The SMILES string of the molecule is OC(Cc1cccc(C(F)(F)F)c1)c1csc2ccccc12. The fraction of sp³-hybridized carbons (Fsp3) is 0.176. The number of aliphatic hydroxyl groups is 1. The van der Waals surface area contributed by atoms with Crippen LogP contribution in [-0.2, 0) is 12.6 Å². The number of hydrogen-bond acceptors (Lipinski definition) is 2. The van der Waals surface area contributed by atoms with Crippen LogP contribution in [-0.4, -0.2) is 5.11 Å². The first-order valence-electron chi connectivity index (χ1n) is 6.75. The van der Waals surface area contributed by atoms with Gasteiger partial charge in [0.05, 0.1) is 11.7 Å². The predicted octanol–water partition coefficient (Wildman–Crippen LogP) is 5.20. The first-order chi connectivity index (χ1) is 10.4. The van der Waals surface area contributed by atoms with Crippen molar-refractivity contribution in [1.29, 1.82) is 0 Å². The molecule has 1 atom stereocenters. The van der Waals surface area contributed by atoms with Crippen molar-refractivity contribution in [2.75, 3.05) is 0 Å². The molecule has 0 aliphatic rings. The lowest BCUT2D eigenvalue weighted by Gasteiger charge is -2.12. The molecule has 1 unspecified atom stereocenters. The average molecular weight is 322 g/mol. The Morgan fingerprint density at radius 2 is 1.82 bits per heavy atom. The van der Waals surface area contributed by atoms with E-state index in [4.69, 9.17) is 0 Å². The third-order valence-electron chi connectivity index (χ3n) is 3.55. The average Bonchev–Trinajstić information content (AvgIpc) is 2.90. The molecule has 0 aliphatic carbocycles. The van der Waals surface area contributed by atoms with Crippen molar-refractivity contribution in [3.05, 3.63) is 70.6 Å². The second-order valence-corrected chi connectivity index (χ2v) is 6.02. The molecule has 5 heteroatoms. The van der Waals surface area contributed by atoms with Gasteiger partial charge in [-0.1, -0.05) is 36.4 Å². The van der Waals surface area contributed by atoms with Gasteiger partial charge in [0.1, 0.15) is 0 Å². The summed E-state index contributed by atoms with van der Waals surface area (Å²) in [6.07, 6.45) is -5.03. The van der Waals surface area contributed by atoms with Crippen LogP contribution in [0.4, 0.5) is 13.2 Å². The largest absolute Gasteiger partial charge is 0.416 e. The summed E-state index contributed by atoms with van der Waals surface area (Å²) in [5.41, 5.74) is 0.544. The number of aliphatic hydroxyl groups excluding tert-OH is 1. The number of thiophene rings is 1. The van der Waals surface area contributed by atoms with Crippen LogP contribution >= 0.6 is 11.3 Å². The first kappa shape index (κ1) is 15.1. The van der Waals surface area contributed by atoms with Gasteiger partial charge in [0.2, 0.25) is 0 Å². The van der Waals surface area contributed by atoms with Gasteiger partial charge in [-0.05, 0) is 34.0 Å².